The average molecular weight is 482 g/mol. The zero-order valence-corrected chi connectivity index (χ0v) is 19.4. The molecule has 2 aromatic rings. The Bertz CT molecular complexity index is 1040. The van der Waals surface area contributed by atoms with Gasteiger partial charge in [-0.1, -0.05) is 54.6 Å². The second-order valence-electron chi connectivity index (χ2n) is 8.39. The first-order valence-corrected chi connectivity index (χ1v) is 11.4. The van der Waals surface area contributed by atoms with Gasteiger partial charge in [0, 0.05) is 31.6 Å². The average Bonchev–Trinajstić information content (AvgIpc) is 2.83. The first-order valence-electron chi connectivity index (χ1n) is 11.4. The van der Waals surface area contributed by atoms with Crippen molar-refractivity contribution in [1.82, 2.24) is 5.32 Å². The highest BCUT2D eigenvalue weighted by Gasteiger charge is 2.27. The third-order valence-electron chi connectivity index (χ3n) is 5.66. The molecule has 0 aliphatic carbocycles. The van der Waals surface area contributed by atoms with Crippen LogP contribution in [0.15, 0.2) is 54.6 Å². The zero-order chi connectivity index (χ0) is 25.8. The minimum atomic E-state index is -1.12. The molecule has 2 atom stereocenters. The predicted octanol–water partition coefficient (Wildman–Crippen LogP) is 1.96. The topological polar surface area (TPSA) is 170 Å². The Labute approximate surface area is 203 Å². The molecule has 0 fully saturated rings. The molecule has 2 rings (SSSR count). The molecule has 0 radical (unpaired) electrons. The summed E-state index contributed by atoms with van der Waals surface area (Å²) in [6.45, 7) is 0. The van der Waals surface area contributed by atoms with Crippen LogP contribution in [0.4, 0.5) is 0 Å². The van der Waals surface area contributed by atoms with E-state index in [0.717, 1.165) is 16.7 Å². The van der Waals surface area contributed by atoms with Crippen LogP contribution in [0.25, 0.3) is 11.1 Å². The van der Waals surface area contributed by atoms with Crippen molar-refractivity contribution in [2.24, 2.45) is 17.4 Å². The van der Waals surface area contributed by atoms with Gasteiger partial charge in [0.25, 0.3) is 0 Å². The Morgan fingerprint density at radius 3 is 2.00 bits per heavy atom. The molecule has 35 heavy (non-hydrogen) atoms. The Morgan fingerprint density at radius 2 is 1.43 bits per heavy atom. The zero-order valence-electron chi connectivity index (χ0n) is 19.4. The predicted molar refractivity (Wildman–Crippen MR) is 130 cm³/mol. The Kier molecular flexibility index (Phi) is 10.6. The van der Waals surface area contributed by atoms with Crippen molar-refractivity contribution >= 4 is 29.5 Å². The van der Waals surface area contributed by atoms with Crippen molar-refractivity contribution in [1.29, 1.82) is 0 Å². The van der Waals surface area contributed by atoms with Gasteiger partial charge < -0.3 is 21.9 Å². The summed E-state index contributed by atoms with van der Waals surface area (Å²) < 4.78 is 0. The van der Waals surface area contributed by atoms with Gasteiger partial charge in [-0.2, -0.15) is 0 Å². The number of hydrogen-bond acceptors (Lipinski definition) is 5. The van der Waals surface area contributed by atoms with E-state index in [1.807, 2.05) is 54.6 Å². The lowest BCUT2D eigenvalue weighted by molar-refractivity contribution is -0.138. The van der Waals surface area contributed by atoms with Gasteiger partial charge in [-0.05, 0) is 36.0 Å². The van der Waals surface area contributed by atoms with E-state index in [9.17, 15) is 24.0 Å². The van der Waals surface area contributed by atoms with Gasteiger partial charge in [0.2, 0.25) is 17.7 Å². The van der Waals surface area contributed by atoms with Gasteiger partial charge in [0.1, 0.15) is 0 Å². The molecule has 0 aromatic heterocycles. The van der Waals surface area contributed by atoms with Crippen LogP contribution in [0.1, 0.15) is 44.1 Å². The lowest BCUT2D eigenvalue weighted by atomic mass is 9.92. The fourth-order valence-corrected chi connectivity index (χ4v) is 3.65. The number of ketones is 1. The van der Waals surface area contributed by atoms with Crippen LogP contribution in [0.5, 0.6) is 0 Å². The number of Topliss-reactive ketones (excluding diaryl/α,β-unsaturated/α-hetero) is 1. The summed E-state index contributed by atoms with van der Waals surface area (Å²) >= 11 is 0. The van der Waals surface area contributed by atoms with Gasteiger partial charge >= 0.3 is 5.97 Å². The molecule has 0 unspecified atom stereocenters. The lowest BCUT2D eigenvalue weighted by Crippen LogP contribution is -2.43. The number of hydrogen-bond donors (Lipinski definition) is 4. The summed E-state index contributed by atoms with van der Waals surface area (Å²) in [5, 5.41) is 11.6. The van der Waals surface area contributed by atoms with E-state index in [-0.39, 0.29) is 38.5 Å². The van der Waals surface area contributed by atoms with Crippen LogP contribution in [-0.2, 0) is 30.4 Å². The maximum Gasteiger partial charge on any atom is 0.303 e. The molecule has 186 valence electrons. The van der Waals surface area contributed by atoms with E-state index in [4.69, 9.17) is 16.6 Å². The van der Waals surface area contributed by atoms with Crippen molar-refractivity contribution in [3.63, 3.8) is 0 Å². The van der Waals surface area contributed by atoms with E-state index < -0.39 is 41.4 Å². The summed E-state index contributed by atoms with van der Waals surface area (Å²) in [5.41, 5.74) is 13.5. The fourth-order valence-electron chi connectivity index (χ4n) is 3.65. The standard InChI is InChI=1S/C26H31N3O6/c27-23(31)13-11-20(26(28)35)16-22(30)21(12-15-25(33)34)29-24(32)14-8-17-6-9-19(10-7-17)18-4-2-1-3-5-18/h1-7,9-10,20-21H,8,11-16H2,(H2,27,31)(H2,28,35)(H,29,32)(H,33,34)/t20-,21+/m1/s1. The second-order valence-corrected chi connectivity index (χ2v) is 8.39. The first-order chi connectivity index (χ1) is 16.7. The van der Waals surface area contributed by atoms with Gasteiger partial charge in [-0.25, -0.2) is 0 Å². The number of carbonyl (C=O) groups is 5. The number of primary amides is 2. The van der Waals surface area contributed by atoms with Crippen LogP contribution in [0, 0.1) is 5.92 Å². The normalized spacial score (nSPS) is 12.3. The third kappa shape index (κ3) is 9.79. The smallest absolute Gasteiger partial charge is 0.303 e. The van der Waals surface area contributed by atoms with Crippen molar-refractivity contribution in [2.45, 2.75) is 51.0 Å². The maximum absolute atomic E-state index is 12.8. The highest BCUT2D eigenvalue weighted by atomic mass is 16.4. The van der Waals surface area contributed by atoms with Crippen LogP contribution in [-0.4, -0.2) is 40.6 Å². The van der Waals surface area contributed by atoms with Gasteiger partial charge in [-0.3, -0.25) is 24.0 Å². The van der Waals surface area contributed by atoms with E-state index in [2.05, 4.69) is 5.32 Å². The Hall–Kier alpha value is -4.01. The second kappa shape index (κ2) is 13.6. The number of amides is 3. The van der Waals surface area contributed by atoms with Crippen LogP contribution in [0.3, 0.4) is 0 Å². The van der Waals surface area contributed by atoms with Gasteiger partial charge in [0.15, 0.2) is 5.78 Å². The molecule has 0 heterocycles. The molecule has 2 aromatic carbocycles. The molecule has 0 aliphatic heterocycles. The molecular formula is C26H31N3O6. The minimum absolute atomic E-state index is 0.00891. The number of aliphatic carboxylic acids is 1. The van der Waals surface area contributed by atoms with Crippen LogP contribution in [0.2, 0.25) is 0 Å². The summed E-state index contributed by atoms with van der Waals surface area (Å²) in [4.78, 5) is 59.0. The number of rotatable bonds is 15. The van der Waals surface area contributed by atoms with E-state index in [1.54, 1.807) is 0 Å². The molecule has 9 heteroatoms. The van der Waals surface area contributed by atoms with Crippen molar-refractivity contribution in [3.05, 3.63) is 60.2 Å². The number of nitrogens with one attached hydrogen (secondary N) is 1. The summed E-state index contributed by atoms with van der Waals surface area (Å²) in [5.74, 6) is -4.36. The highest BCUT2D eigenvalue weighted by Crippen LogP contribution is 2.20. The lowest BCUT2D eigenvalue weighted by Gasteiger charge is -2.20. The molecule has 0 saturated heterocycles. The number of carboxylic acid groups (broad SMARTS) is 1. The molecule has 3 amide bonds. The number of benzene rings is 2. The van der Waals surface area contributed by atoms with Crippen molar-refractivity contribution in [3.8, 4) is 11.1 Å². The monoisotopic (exact) mass is 481 g/mol. The summed E-state index contributed by atoms with van der Waals surface area (Å²) in [6.07, 6.45) is -0.335. The number of carboxylic acids is 1. The Balaban J connectivity index is 1.96. The largest absolute Gasteiger partial charge is 0.481 e. The number of aryl methyl sites for hydroxylation is 1. The number of nitrogens with two attached hydrogens (primary N) is 2. The van der Waals surface area contributed by atoms with Gasteiger partial charge in [-0.15, -0.1) is 0 Å². The first kappa shape index (κ1) is 27.2. The summed E-state index contributed by atoms with van der Waals surface area (Å²) in [7, 11) is 0. The maximum atomic E-state index is 12.8. The van der Waals surface area contributed by atoms with E-state index in [1.165, 1.54) is 0 Å². The quantitative estimate of drug-likeness (QED) is 0.303. The van der Waals surface area contributed by atoms with Gasteiger partial charge in [0.05, 0.1) is 6.04 Å². The van der Waals surface area contributed by atoms with Crippen LogP contribution < -0.4 is 16.8 Å². The number of carbonyl (C=O) groups excluding carboxylic acids is 4. The molecule has 0 bridgehead atoms. The van der Waals surface area contributed by atoms with Crippen molar-refractivity contribution in [2.75, 3.05) is 0 Å². The molecule has 6 N–H and O–H groups in total. The third-order valence-corrected chi connectivity index (χ3v) is 5.66. The molecule has 0 saturated carbocycles. The SMILES string of the molecule is NC(=O)CC[C@H](CC(=O)[C@H](CCC(=O)O)NC(=O)CCc1ccc(-c2ccccc2)cc1)C(N)=O. The van der Waals surface area contributed by atoms with E-state index >= 15 is 0 Å². The highest BCUT2D eigenvalue weighted by molar-refractivity contribution is 5.92. The fraction of sp³-hybridized carbons (Fsp3) is 0.346. The molecular weight excluding hydrogens is 450 g/mol. The summed E-state index contributed by atoms with van der Waals surface area (Å²) in [6, 6.07) is 16.6. The Morgan fingerprint density at radius 1 is 0.800 bits per heavy atom. The molecule has 9 nitrogen and oxygen atoms in total. The van der Waals surface area contributed by atoms with Crippen LogP contribution >= 0.6 is 0 Å². The van der Waals surface area contributed by atoms with E-state index in [0.29, 0.717) is 6.42 Å². The molecule has 0 spiro atoms. The molecule has 0 aliphatic rings. The van der Waals surface area contributed by atoms with Crippen molar-refractivity contribution < 1.29 is 29.1 Å². The minimum Gasteiger partial charge on any atom is -0.481 e.